The van der Waals surface area contributed by atoms with Crippen LogP contribution in [0, 0.1) is 0 Å². The highest BCUT2D eigenvalue weighted by atomic mass is 16.5. The minimum atomic E-state index is -1.22. The lowest BCUT2D eigenvalue weighted by Crippen LogP contribution is -2.14. The van der Waals surface area contributed by atoms with Crippen molar-refractivity contribution < 1.29 is 42.7 Å². The number of aromatic carboxylic acids is 1. The smallest absolute Gasteiger partial charge is 0.361 e. The van der Waals surface area contributed by atoms with E-state index in [0.29, 0.717) is 62.8 Å². The number of hydrogen-bond acceptors (Lipinski definition) is 9. The van der Waals surface area contributed by atoms with Crippen molar-refractivity contribution in [1.82, 2.24) is 4.57 Å². The fraction of sp³-hybridized carbons (Fsp3) is 0.250. The average molecular weight is 590 g/mol. The van der Waals surface area contributed by atoms with E-state index in [1.807, 2.05) is 12.1 Å². The number of aromatic nitrogens is 1. The zero-order chi connectivity index (χ0) is 30.8. The third-order valence-electron chi connectivity index (χ3n) is 7.36. The molecule has 11 nitrogen and oxygen atoms in total. The number of methoxy groups -OCH3 is 6. The second-order valence-corrected chi connectivity index (χ2v) is 9.51. The maximum atomic E-state index is 13.7. The molecule has 3 aromatic carbocycles. The van der Waals surface area contributed by atoms with Crippen LogP contribution < -0.4 is 34.0 Å². The predicted octanol–water partition coefficient (Wildman–Crippen LogP) is 5.41. The summed E-state index contributed by atoms with van der Waals surface area (Å²) in [5.74, 6) is 1.49. The number of fused-ring (bicyclic) bond motifs is 3. The Balaban J connectivity index is 1.85. The Kier molecular flexibility index (Phi) is 8.07. The lowest BCUT2D eigenvalue weighted by atomic mass is 9.99. The van der Waals surface area contributed by atoms with E-state index in [0.717, 1.165) is 5.56 Å². The van der Waals surface area contributed by atoms with E-state index in [-0.39, 0.29) is 23.3 Å². The largest absolute Gasteiger partial charge is 0.493 e. The number of carboxylic acids is 1. The summed E-state index contributed by atoms with van der Waals surface area (Å²) in [7, 11) is 9.06. The molecule has 0 saturated heterocycles. The number of carboxylic acid groups (broad SMARTS) is 1. The Morgan fingerprint density at radius 2 is 1.30 bits per heavy atom. The molecule has 11 heteroatoms. The summed E-state index contributed by atoms with van der Waals surface area (Å²) in [4.78, 5) is 26.7. The summed E-state index contributed by atoms with van der Waals surface area (Å²) in [6, 6.07) is 13.8. The van der Waals surface area contributed by atoms with Crippen LogP contribution >= 0.6 is 0 Å². The zero-order valence-electron chi connectivity index (χ0n) is 24.6. The molecule has 0 radical (unpaired) electrons. The number of hydrogen-bond donors (Lipinski definition) is 1. The van der Waals surface area contributed by atoms with Crippen molar-refractivity contribution >= 4 is 27.8 Å². The van der Waals surface area contributed by atoms with Gasteiger partial charge in [0.05, 0.1) is 42.7 Å². The fourth-order valence-electron chi connectivity index (χ4n) is 5.38. The van der Waals surface area contributed by atoms with E-state index in [1.54, 1.807) is 50.6 Å². The van der Waals surface area contributed by atoms with Crippen LogP contribution in [0.2, 0.25) is 0 Å². The van der Waals surface area contributed by atoms with E-state index in [9.17, 15) is 14.7 Å². The zero-order valence-corrected chi connectivity index (χ0v) is 24.6. The second-order valence-electron chi connectivity index (χ2n) is 9.51. The lowest BCUT2D eigenvalue weighted by Gasteiger charge is -2.12. The molecule has 0 aliphatic heterocycles. The van der Waals surface area contributed by atoms with E-state index in [1.165, 1.54) is 33.0 Å². The second kappa shape index (κ2) is 11.9. The Morgan fingerprint density at radius 3 is 1.91 bits per heavy atom. The molecule has 0 aliphatic rings. The van der Waals surface area contributed by atoms with Crippen molar-refractivity contribution in [3.8, 4) is 45.6 Å². The van der Waals surface area contributed by atoms with Crippen molar-refractivity contribution in [1.29, 1.82) is 0 Å². The van der Waals surface area contributed by atoms with Crippen molar-refractivity contribution in [2.75, 3.05) is 42.7 Å². The van der Waals surface area contributed by atoms with Crippen molar-refractivity contribution in [3.63, 3.8) is 0 Å². The van der Waals surface area contributed by atoms with Gasteiger partial charge < -0.3 is 42.5 Å². The highest BCUT2D eigenvalue weighted by molar-refractivity contribution is 6.17. The monoisotopic (exact) mass is 589 g/mol. The van der Waals surface area contributed by atoms with Crippen LogP contribution in [0.3, 0.4) is 0 Å². The number of rotatable bonds is 11. The molecule has 0 atom stereocenters. The molecule has 5 aromatic rings. The van der Waals surface area contributed by atoms with Gasteiger partial charge in [-0.15, -0.1) is 0 Å². The molecule has 2 heterocycles. The molecular weight excluding hydrogens is 558 g/mol. The summed E-state index contributed by atoms with van der Waals surface area (Å²) < 4.78 is 39.9. The summed E-state index contributed by atoms with van der Waals surface area (Å²) in [6.07, 6.45) is 0.374. The quantitative estimate of drug-likeness (QED) is 0.200. The van der Waals surface area contributed by atoms with Crippen LogP contribution in [0.25, 0.3) is 33.0 Å². The first-order valence-corrected chi connectivity index (χ1v) is 13.2. The minimum absolute atomic E-state index is 0.0859. The maximum Gasteiger partial charge on any atom is 0.361 e. The van der Waals surface area contributed by atoms with Gasteiger partial charge in [-0.3, -0.25) is 0 Å². The van der Waals surface area contributed by atoms with Gasteiger partial charge in [0.1, 0.15) is 16.8 Å². The highest BCUT2D eigenvalue weighted by Crippen LogP contribution is 2.43. The molecule has 0 unspecified atom stereocenters. The van der Waals surface area contributed by atoms with Crippen molar-refractivity contribution in [2.24, 2.45) is 0 Å². The molecule has 43 heavy (non-hydrogen) atoms. The summed E-state index contributed by atoms with van der Waals surface area (Å²) in [5, 5.41) is 11.5. The van der Waals surface area contributed by atoms with Crippen LogP contribution in [0.4, 0.5) is 0 Å². The first-order valence-electron chi connectivity index (χ1n) is 13.2. The Hall–Kier alpha value is -5.32. The first-order chi connectivity index (χ1) is 20.8. The molecule has 5 rings (SSSR count). The van der Waals surface area contributed by atoms with Crippen LogP contribution in [-0.4, -0.2) is 58.3 Å². The Labute approximate surface area is 246 Å². The van der Waals surface area contributed by atoms with Crippen molar-refractivity contribution in [2.45, 2.75) is 13.0 Å². The Morgan fingerprint density at radius 1 is 0.744 bits per heavy atom. The predicted molar refractivity (Wildman–Crippen MR) is 160 cm³/mol. The van der Waals surface area contributed by atoms with Gasteiger partial charge in [-0.1, -0.05) is 12.1 Å². The highest BCUT2D eigenvalue weighted by Gasteiger charge is 2.29. The number of nitrogens with zero attached hydrogens (tertiary/aromatic N) is 1. The SMILES string of the molecule is COc1ccc(CCn2c(C(=O)O)c(-c3ccc(OC)c(OC)c3)c3c4cc(OC)c(OC)cc4oc(=O)c32)cc1OC. The molecule has 0 aliphatic carbocycles. The van der Waals surface area contributed by atoms with Crippen LogP contribution in [0.15, 0.2) is 57.7 Å². The van der Waals surface area contributed by atoms with Gasteiger partial charge in [-0.25, -0.2) is 9.59 Å². The molecular formula is C32H31NO10. The summed E-state index contributed by atoms with van der Waals surface area (Å²) >= 11 is 0. The molecule has 0 spiro atoms. The molecule has 0 bridgehead atoms. The van der Waals surface area contributed by atoms with Gasteiger partial charge in [-0.2, -0.15) is 0 Å². The number of benzene rings is 3. The fourth-order valence-corrected chi connectivity index (χ4v) is 5.38. The van der Waals surface area contributed by atoms with Crippen LogP contribution in [-0.2, 0) is 13.0 Å². The third-order valence-corrected chi connectivity index (χ3v) is 7.36. The lowest BCUT2D eigenvalue weighted by molar-refractivity contribution is 0.0686. The van der Waals surface area contributed by atoms with Crippen LogP contribution in [0.5, 0.6) is 34.5 Å². The molecule has 0 amide bonds. The number of ether oxygens (including phenoxy) is 6. The first kappa shape index (κ1) is 29.2. The minimum Gasteiger partial charge on any atom is -0.493 e. The van der Waals surface area contributed by atoms with E-state index in [4.69, 9.17) is 32.8 Å². The van der Waals surface area contributed by atoms with E-state index >= 15 is 0 Å². The summed E-state index contributed by atoms with van der Waals surface area (Å²) in [5.41, 5.74) is 1.20. The standard InChI is InChI=1S/C32H31NO10/c1-37-20-9-7-17(13-23(20)39-3)11-12-33-29(31(34)35)27(18-8-10-21(38-2)24(14-18)40-4)28-19-15-25(41-5)26(42-6)16-22(19)43-32(36)30(28)33/h7-10,13-16H,11-12H2,1-6H3,(H,34,35). The Bertz CT molecular complexity index is 1900. The molecule has 0 fully saturated rings. The normalized spacial score (nSPS) is 11.0. The number of carbonyl (C=O) groups is 1. The molecule has 224 valence electrons. The molecule has 1 N–H and O–H groups in total. The van der Waals surface area contributed by atoms with Gasteiger partial charge in [0.2, 0.25) is 0 Å². The van der Waals surface area contributed by atoms with Gasteiger partial charge in [0.25, 0.3) is 0 Å². The number of aryl methyl sites for hydroxylation is 2. The molecule has 0 saturated carbocycles. The average Bonchev–Trinajstić information content (AvgIpc) is 3.38. The summed E-state index contributed by atoms with van der Waals surface area (Å²) in [6.45, 7) is 0.143. The third kappa shape index (κ3) is 5.03. The van der Waals surface area contributed by atoms with Crippen molar-refractivity contribution in [3.05, 3.63) is 70.2 Å². The maximum absolute atomic E-state index is 13.7. The van der Waals surface area contributed by atoms with Gasteiger partial charge in [0.15, 0.2) is 34.5 Å². The van der Waals surface area contributed by atoms with Gasteiger partial charge in [-0.05, 0) is 47.9 Å². The van der Waals surface area contributed by atoms with Gasteiger partial charge >= 0.3 is 11.6 Å². The van der Waals surface area contributed by atoms with Crippen LogP contribution in [0.1, 0.15) is 16.1 Å². The topological polar surface area (TPSA) is 128 Å². The van der Waals surface area contributed by atoms with E-state index < -0.39 is 11.6 Å². The van der Waals surface area contributed by atoms with Gasteiger partial charge in [0, 0.05) is 28.9 Å². The molecule has 2 aromatic heterocycles. The van der Waals surface area contributed by atoms with E-state index in [2.05, 4.69) is 0 Å².